The Morgan fingerprint density at radius 2 is 1.94 bits per heavy atom. The molecule has 2 rings (SSSR count). The van der Waals surface area contributed by atoms with E-state index in [-0.39, 0.29) is 0 Å². The van der Waals surface area contributed by atoms with Crippen LogP contribution in [-0.4, -0.2) is 23.3 Å². The summed E-state index contributed by atoms with van der Waals surface area (Å²) in [7, 11) is 0. The summed E-state index contributed by atoms with van der Waals surface area (Å²) in [5.41, 5.74) is 0. The van der Waals surface area contributed by atoms with Gasteiger partial charge in [-0.1, -0.05) is 32.6 Å². The Morgan fingerprint density at radius 3 is 2.71 bits per heavy atom. The molecule has 0 amide bonds. The van der Waals surface area contributed by atoms with Crippen LogP contribution in [0.2, 0.25) is 0 Å². The van der Waals surface area contributed by atoms with Crippen molar-refractivity contribution in [2.45, 2.75) is 51.9 Å². The van der Waals surface area contributed by atoms with E-state index in [0.29, 0.717) is 0 Å². The van der Waals surface area contributed by atoms with Gasteiger partial charge in [0.05, 0.1) is 0 Å². The van der Waals surface area contributed by atoms with Gasteiger partial charge in [0.1, 0.15) is 10.0 Å². The SMILES string of the molecule is CCCNCCc1nnc(CC2CCCC2)s1. The highest BCUT2D eigenvalue weighted by Crippen LogP contribution is 2.28. The Kier molecular flexibility index (Phi) is 5.39. The molecule has 3 nitrogen and oxygen atoms in total. The van der Waals surface area contributed by atoms with Crippen molar-refractivity contribution in [3.8, 4) is 0 Å². The van der Waals surface area contributed by atoms with Crippen molar-refractivity contribution in [1.82, 2.24) is 15.5 Å². The minimum absolute atomic E-state index is 0.883. The molecule has 1 aromatic heterocycles. The molecule has 1 aliphatic carbocycles. The average Bonchev–Trinajstić information content (AvgIpc) is 2.97. The molecule has 0 aliphatic heterocycles. The van der Waals surface area contributed by atoms with Gasteiger partial charge >= 0.3 is 0 Å². The number of hydrogen-bond donors (Lipinski definition) is 1. The van der Waals surface area contributed by atoms with Crippen molar-refractivity contribution >= 4 is 11.3 Å². The molecule has 1 aliphatic rings. The maximum Gasteiger partial charge on any atom is 0.118 e. The van der Waals surface area contributed by atoms with Gasteiger partial charge in [0.2, 0.25) is 0 Å². The lowest BCUT2D eigenvalue weighted by Crippen LogP contribution is -2.17. The van der Waals surface area contributed by atoms with Crippen LogP contribution in [0.5, 0.6) is 0 Å². The van der Waals surface area contributed by atoms with Crippen molar-refractivity contribution in [2.24, 2.45) is 5.92 Å². The lowest BCUT2D eigenvalue weighted by atomic mass is 10.1. The van der Waals surface area contributed by atoms with Gasteiger partial charge in [-0.15, -0.1) is 21.5 Å². The number of nitrogens with zero attached hydrogens (tertiary/aromatic N) is 2. The Morgan fingerprint density at radius 1 is 1.18 bits per heavy atom. The fraction of sp³-hybridized carbons (Fsp3) is 0.846. The Bertz CT molecular complexity index is 318. The molecule has 0 spiro atoms. The topological polar surface area (TPSA) is 37.8 Å². The molecule has 4 heteroatoms. The van der Waals surface area contributed by atoms with E-state index in [1.54, 1.807) is 0 Å². The number of rotatable bonds is 7. The van der Waals surface area contributed by atoms with E-state index >= 15 is 0 Å². The van der Waals surface area contributed by atoms with Crippen LogP contribution in [-0.2, 0) is 12.8 Å². The Labute approximate surface area is 108 Å². The van der Waals surface area contributed by atoms with Gasteiger partial charge in [-0.2, -0.15) is 0 Å². The monoisotopic (exact) mass is 253 g/mol. The molecule has 0 aromatic carbocycles. The van der Waals surface area contributed by atoms with Gasteiger partial charge in [-0.25, -0.2) is 0 Å². The highest BCUT2D eigenvalue weighted by atomic mass is 32.1. The molecule has 0 saturated heterocycles. The zero-order chi connectivity index (χ0) is 11.9. The lowest BCUT2D eigenvalue weighted by Gasteiger charge is -2.03. The first-order valence-electron chi connectivity index (χ1n) is 6.90. The first kappa shape index (κ1) is 13.0. The molecule has 0 bridgehead atoms. The van der Waals surface area contributed by atoms with Gasteiger partial charge in [0.25, 0.3) is 0 Å². The summed E-state index contributed by atoms with van der Waals surface area (Å²) in [6.45, 7) is 4.33. The second-order valence-electron chi connectivity index (χ2n) is 4.94. The highest BCUT2D eigenvalue weighted by Gasteiger charge is 2.17. The van der Waals surface area contributed by atoms with Crippen LogP contribution in [0.4, 0.5) is 0 Å². The minimum Gasteiger partial charge on any atom is -0.316 e. The maximum absolute atomic E-state index is 4.32. The minimum atomic E-state index is 0.883. The van der Waals surface area contributed by atoms with Crippen LogP contribution in [0, 0.1) is 5.92 Å². The molecule has 1 aromatic rings. The van der Waals surface area contributed by atoms with E-state index < -0.39 is 0 Å². The second-order valence-corrected chi connectivity index (χ2v) is 6.09. The average molecular weight is 253 g/mol. The second kappa shape index (κ2) is 7.07. The number of aromatic nitrogens is 2. The first-order valence-corrected chi connectivity index (χ1v) is 7.72. The summed E-state index contributed by atoms with van der Waals surface area (Å²) < 4.78 is 0. The van der Waals surface area contributed by atoms with Gasteiger partial charge < -0.3 is 5.32 Å². The lowest BCUT2D eigenvalue weighted by molar-refractivity contribution is 0.542. The molecule has 0 radical (unpaired) electrons. The Balaban J connectivity index is 1.71. The van der Waals surface area contributed by atoms with E-state index in [9.17, 15) is 0 Å². The normalized spacial score (nSPS) is 16.8. The zero-order valence-corrected chi connectivity index (χ0v) is 11.6. The van der Waals surface area contributed by atoms with Crippen LogP contribution in [0.25, 0.3) is 0 Å². The molecule has 0 atom stereocenters. The summed E-state index contributed by atoms with van der Waals surface area (Å²) in [4.78, 5) is 0. The van der Waals surface area contributed by atoms with Crippen molar-refractivity contribution in [3.63, 3.8) is 0 Å². The summed E-state index contributed by atoms with van der Waals surface area (Å²) in [5, 5.41) is 14.5. The van der Waals surface area contributed by atoms with Crippen LogP contribution in [0.3, 0.4) is 0 Å². The maximum atomic E-state index is 4.32. The molecule has 17 heavy (non-hydrogen) atoms. The van der Waals surface area contributed by atoms with Gasteiger partial charge in [0, 0.05) is 19.4 Å². The van der Waals surface area contributed by atoms with E-state index in [1.807, 2.05) is 11.3 Å². The van der Waals surface area contributed by atoms with Crippen molar-refractivity contribution in [1.29, 1.82) is 0 Å². The summed E-state index contributed by atoms with van der Waals surface area (Å²) >= 11 is 1.82. The highest BCUT2D eigenvalue weighted by molar-refractivity contribution is 7.11. The van der Waals surface area contributed by atoms with E-state index in [2.05, 4.69) is 22.4 Å². The number of hydrogen-bond acceptors (Lipinski definition) is 4. The van der Waals surface area contributed by atoms with Gasteiger partial charge in [0.15, 0.2) is 0 Å². The summed E-state index contributed by atoms with van der Waals surface area (Å²) in [6, 6.07) is 0. The van der Waals surface area contributed by atoms with Crippen molar-refractivity contribution < 1.29 is 0 Å². The molecule has 1 fully saturated rings. The predicted molar refractivity (Wildman–Crippen MR) is 72.4 cm³/mol. The van der Waals surface area contributed by atoms with Gasteiger partial charge in [-0.05, 0) is 18.9 Å². The third-order valence-corrected chi connectivity index (χ3v) is 4.39. The molecule has 1 N–H and O–H groups in total. The predicted octanol–water partition coefficient (Wildman–Crippen LogP) is 2.81. The van der Waals surface area contributed by atoms with E-state index in [1.165, 1.54) is 48.5 Å². The molecule has 0 unspecified atom stereocenters. The van der Waals surface area contributed by atoms with Crippen LogP contribution < -0.4 is 5.32 Å². The number of nitrogens with one attached hydrogen (secondary N) is 1. The third kappa shape index (κ3) is 4.36. The molecule has 1 heterocycles. The van der Waals surface area contributed by atoms with Gasteiger partial charge in [-0.3, -0.25) is 0 Å². The quantitative estimate of drug-likeness (QED) is 0.759. The molecular weight excluding hydrogens is 230 g/mol. The fourth-order valence-electron chi connectivity index (χ4n) is 2.43. The summed E-state index contributed by atoms with van der Waals surface area (Å²) in [5.74, 6) is 0.883. The zero-order valence-electron chi connectivity index (χ0n) is 10.7. The molecular formula is C13H23N3S. The van der Waals surface area contributed by atoms with Crippen LogP contribution in [0.15, 0.2) is 0 Å². The largest absolute Gasteiger partial charge is 0.316 e. The Hall–Kier alpha value is -0.480. The van der Waals surface area contributed by atoms with Crippen molar-refractivity contribution in [3.05, 3.63) is 10.0 Å². The fourth-order valence-corrected chi connectivity index (χ4v) is 3.39. The summed E-state index contributed by atoms with van der Waals surface area (Å²) in [6.07, 6.45) is 9.01. The van der Waals surface area contributed by atoms with Crippen molar-refractivity contribution in [2.75, 3.05) is 13.1 Å². The van der Waals surface area contributed by atoms with Crippen LogP contribution in [0.1, 0.15) is 49.0 Å². The third-order valence-electron chi connectivity index (χ3n) is 3.39. The standard InChI is InChI=1S/C13H23N3S/c1-2-8-14-9-7-12-15-16-13(17-12)10-11-5-3-4-6-11/h11,14H,2-10H2,1H3. The smallest absolute Gasteiger partial charge is 0.118 e. The van der Waals surface area contributed by atoms with E-state index in [0.717, 1.165) is 25.4 Å². The molecule has 96 valence electrons. The first-order chi connectivity index (χ1) is 8.38. The van der Waals surface area contributed by atoms with E-state index in [4.69, 9.17) is 0 Å². The molecule has 1 saturated carbocycles. The van der Waals surface area contributed by atoms with Crippen LogP contribution >= 0.6 is 11.3 Å².